The van der Waals surface area contributed by atoms with Gasteiger partial charge < -0.3 is 5.32 Å². The van der Waals surface area contributed by atoms with Crippen LogP contribution in [0.25, 0.3) is 5.65 Å². The van der Waals surface area contributed by atoms with Crippen LogP contribution in [0, 0.1) is 12.3 Å². The highest BCUT2D eigenvalue weighted by atomic mass is 35.5. The molecule has 1 N–H and O–H groups in total. The zero-order valence-electron chi connectivity index (χ0n) is 15.3. The minimum Gasteiger partial charge on any atom is -0.322 e. The molecule has 1 aromatic carbocycles. The van der Waals surface area contributed by atoms with Crippen LogP contribution in [0.3, 0.4) is 0 Å². The molecule has 0 spiro atoms. The maximum atomic E-state index is 12.8. The Bertz CT molecular complexity index is 1100. The summed E-state index contributed by atoms with van der Waals surface area (Å²) in [6.45, 7) is 5.95. The van der Waals surface area contributed by atoms with Crippen LogP contribution >= 0.6 is 11.6 Å². The number of carbonyl (C=O) groups is 2. The molecule has 6 nitrogen and oxygen atoms in total. The third kappa shape index (κ3) is 3.00. The Kier molecular flexibility index (Phi) is 4.03. The number of anilines is 1. The molecule has 1 aliphatic rings. The van der Waals surface area contributed by atoms with Gasteiger partial charge in [-0.1, -0.05) is 31.5 Å². The van der Waals surface area contributed by atoms with E-state index in [1.807, 2.05) is 6.92 Å². The number of benzene rings is 1. The smallest absolute Gasteiger partial charge is 0.261 e. The third-order valence-corrected chi connectivity index (χ3v) is 5.38. The molecule has 0 bridgehead atoms. The van der Waals surface area contributed by atoms with Crippen LogP contribution in [0.1, 0.15) is 52.2 Å². The summed E-state index contributed by atoms with van der Waals surface area (Å²) in [5.41, 5.74) is 3.47. The number of ketones is 1. The van der Waals surface area contributed by atoms with Crippen LogP contribution in [0.2, 0.25) is 5.02 Å². The molecule has 2 aromatic heterocycles. The highest BCUT2D eigenvalue weighted by Gasteiger charge is 2.33. The third-order valence-electron chi connectivity index (χ3n) is 4.97. The Labute approximate surface area is 161 Å². The van der Waals surface area contributed by atoms with Gasteiger partial charge in [-0.15, -0.1) is 0 Å². The van der Waals surface area contributed by atoms with Gasteiger partial charge >= 0.3 is 0 Å². The van der Waals surface area contributed by atoms with Crippen molar-refractivity contribution in [3.63, 3.8) is 0 Å². The Morgan fingerprint density at radius 1 is 1.26 bits per heavy atom. The van der Waals surface area contributed by atoms with E-state index in [-0.39, 0.29) is 17.1 Å². The van der Waals surface area contributed by atoms with Gasteiger partial charge in [-0.2, -0.15) is 5.10 Å². The van der Waals surface area contributed by atoms with Crippen LogP contribution in [0.5, 0.6) is 0 Å². The number of aromatic nitrogens is 3. The number of rotatable bonds is 2. The first-order valence-corrected chi connectivity index (χ1v) is 9.10. The summed E-state index contributed by atoms with van der Waals surface area (Å²) in [6, 6.07) is 5.35. The highest BCUT2D eigenvalue weighted by Crippen LogP contribution is 2.34. The summed E-state index contributed by atoms with van der Waals surface area (Å²) < 4.78 is 1.62. The van der Waals surface area contributed by atoms with Crippen molar-refractivity contribution < 1.29 is 9.59 Å². The monoisotopic (exact) mass is 382 g/mol. The van der Waals surface area contributed by atoms with Crippen LogP contribution in [-0.4, -0.2) is 26.3 Å². The maximum Gasteiger partial charge on any atom is 0.261 e. The molecule has 0 unspecified atom stereocenters. The van der Waals surface area contributed by atoms with Gasteiger partial charge in [0.1, 0.15) is 5.56 Å². The number of hydrogen-bond donors (Lipinski definition) is 1. The zero-order valence-corrected chi connectivity index (χ0v) is 16.1. The number of nitrogens with one attached hydrogen (secondary N) is 1. The second-order valence-corrected chi connectivity index (χ2v) is 8.13. The number of nitrogens with zero attached hydrogens (tertiary/aromatic N) is 3. The number of carbonyl (C=O) groups excluding carboxylic acids is 2. The number of hydrogen-bond acceptors (Lipinski definition) is 4. The fourth-order valence-electron chi connectivity index (χ4n) is 3.52. The first kappa shape index (κ1) is 17.7. The minimum absolute atomic E-state index is 0.0618. The molecule has 0 saturated carbocycles. The van der Waals surface area contributed by atoms with Gasteiger partial charge in [-0.05, 0) is 36.5 Å². The summed E-state index contributed by atoms with van der Waals surface area (Å²) in [6.07, 6.45) is 4.23. The van der Waals surface area contributed by atoms with Gasteiger partial charge in [-0.25, -0.2) is 9.50 Å². The lowest BCUT2D eigenvalue weighted by Crippen LogP contribution is -2.29. The molecular weight excluding hydrogens is 364 g/mol. The van der Waals surface area contributed by atoms with Gasteiger partial charge in [0.2, 0.25) is 0 Å². The van der Waals surface area contributed by atoms with Crippen molar-refractivity contribution in [2.75, 3.05) is 5.32 Å². The summed E-state index contributed by atoms with van der Waals surface area (Å²) in [7, 11) is 0. The summed E-state index contributed by atoms with van der Waals surface area (Å²) >= 11 is 6.12. The maximum absolute atomic E-state index is 12.8. The molecule has 0 fully saturated rings. The van der Waals surface area contributed by atoms with Crippen LogP contribution in [0.4, 0.5) is 5.69 Å². The molecule has 0 aliphatic heterocycles. The summed E-state index contributed by atoms with van der Waals surface area (Å²) in [5, 5.41) is 7.80. The average Bonchev–Trinajstić information content (AvgIpc) is 3.02. The van der Waals surface area contributed by atoms with E-state index in [4.69, 9.17) is 11.6 Å². The zero-order chi connectivity index (χ0) is 19.3. The van der Waals surface area contributed by atoms with E-state index in [0.717, 1.165) is 11.3 Å². The first-order chi connectivity index (χ1) is 12.8. The first-order valence-electron chi connectivity index (χ1n) is 8.72. The second-order valence-electron chi connectivity index (χ2n) is 7.72. The number of halogens is 1. The Morgan fingerprint density at radius 3 is 2.81 bits per heavy atom. The van der Waals surface area contributed by atoms with E-state index in [9.17, 15) is 9.59 Å². The molecular formula is C20H19ClN4O2. The molecule has 0 saturated heterocycles. The molecule has 138 valence electrons. The van der Waals surface area contributed by atoms with Crippen molar-refractivity contribution in [2.45, 2.75) is 33.6 Å². The minimum atomic E-state index is -0.316. The van der Waals surface area contributed by atoms with E-state index in [2.05, 4.69) is 29.2 Å². The van der Waals surface area contributed by atoms with Crippen molar-refractivity contribution in [3.05, 3.63) is 58.0 Å². The van der Waals surface area contributed by atoms with Crippen molar-refractivity contribution in [1.29, 1.82) is 0 Å². The predicted octanol–water partition coefficient (Wildman–Crippen LogP) is 4.10. The van der Waals surface area contributed by atoms with E-state index >= 15 is 0 Å². The fraction of sp³-hybridized carbons (Fsp3) is 0.300. The van der Waals surface area contributed by atoms with Gasteiger partial charge in [-0.3, -0.25) is 9.59 Å². The van der Waals surface area contributed by atoms with Gasteiger partial charge in [0.15, 0.2) is 11.4 Å². The topological polar surface area (TPSA) is 76.4 Å². The van der Waals surface area contributed by atoms with Gasteiger partial charge in [0.25, 0.3) is 5.91 Å². The second kappa shape index (κ2) is 6.16. The number of Topliss-reactive ketones (excluding diaryl/α,β-unsaturated/α-hetero) is 1. The fourth-order valence-corrected chi connectivity index (χ4v) is 3.69. The van der Waals surface area contributed by atoms with Gasteiger partial charge in [0, 0.05) is 23.3 Å². The van der Waals surface area contributed by atoms with E-state index in [1.54, 1.807) is 28.9 Å². The van der Waals surface area contributed by atoms with E-state index in [0.29, 0.717) is 40.3 Å². The highest BCUT2D eigenvalue weighted by molar-refractivity contribution is 6.31. The normalized spacial score (nSPS) is 15.6. The quantitative estimate of drug-likeness (QED) is 0.723. The standard InChI is InChI=1S/C20H19ClN4O2/c1-11-14(21)5-4-6-15(11)24-19(27)13-10-23-25-16-7-20(2,3)8-17(26)12(16)9-22-18(13)25/h4-6,9-10H,7-8H2,1-3H3,(H,24,27). The van der Waals surface area contributed by atoms with Crippen molar-refractivity contribution in [1.82, 2.24) is 14.6 Å². The lowest BCUT2D eigenvalue weighted by molar-refractivity contribution is 0.0908. The van der Waals surface area contributed by atoms with Crippen molar-refractivity contribution >= 4 is 34.6 Å². The Hall–Kier alpha value is -2.73. The van der Waals surface area contributed by atoms with E-state index in [1.165, 1.54) is 6.20 Å². The van der Waals surface area contributed by atoms with Crippen LogP contribution < -0.4 is 5.32 Å². The number of fused-ring (bicyclic) bond motifs is 3. The molecule has 0 atom stereocenters. The average molecular weight is 383 g/mol. The predicted molar refractivity (Wildman–Crippen MR) is 104 cm³/mol. The molecule has 3 aromatic rings. The largest absolute Gasteiger partial charge is 0.322 e. The molecule has 7 heteroatoms. The molecule has 0 radical (unpaired) electrons. The summed E-state index contributed by atoms with van der Waals surface area (Å²) in [4.78, 5) is 29.6. The summed E-state index contributed by atoms with van der Waals surface area (Å²) in [5.74, 6) is -0.254. The van der Waals surface area contributed by atoms with Crippen molar-refractivity contribution in [3.8, 4) is 0 Å². The lowest BCUT2D eigenvalue weighted by Gasteiger charge is -2.29. The Morgan fingerprint density at radius 2 is 2.04 bits per heavy atom. The molecule has 4 rings (SSSR count). The lowest BCUT2D eigenvalue weighted by atomic mass is 9.76. The molecule has 1 aliphatic carbocycles. The number of amides is 1. The van der Waals surface area contributed by atoms with E-state index < -0.39 is 0 Å². The van der Waals surface area contributed by atoms with Crippen molar-refractivity contribution in [2.24, 2.45) is 5.41 Å². The molecule has 2 heterocycles. The van der Waals surface area contributed by atoms with Crippen LogP contribution in [-0.2, 0) is 6.42 Å². The molecule has 27 heavy (non-hydrogen) atoms. The molecule has 1 amide bonds. The van der Waals surface area contributed by atoms with Crippen LogP contribution in [0.15, 0.2) is 30.6 Å². The Balaban J connectivity index is 1.75. The SMILES string of the molecule is Cc1c(Cl)cccc1NC(=O)c1cnn2c3c(cnc12)C(=O)CC(C)(C)C3. The van der Waals surface area contributed by atoms with Gasteiger partial charge in [0.05, 0.1) is 17.5 Å².